The van der Waals surface area contributed by atoms with Gasteiger partial charge in [-0.2, -0.15) is 0 Å². The van der Waals surface area contributed by atoms with Crippen molar-refractivity contribution < 1.29 is 81.3 Å². The molecule has 0 unspecified atom stereocenters. The Labute approximate surface area is 80.6 Å². The Bertz CT molecular complexity index is 15.5. The molecular weight excluding hydrogens is 193 g/mol. The van der Waals surface area contributed by atoms with Crippen molar-refractivity contribution in [3.05, 3.63) is 0 Å². The quantitative estimate of drug-likeness (QED) is 0.357. The summed E-state index contributed by atoms with van der Waals surface area (Å²) < 4.78 is 0. The van der Waals surface area contributed by atoms with Gasteiger partial charge in [-0.3, -0.25) is 0 Å². The largest absolute Gasteiger partial charge is 1.00 e. The van der Waals surface area contributed by atoms with Gasteiger partial charge in [0.2, 0.25) is 0 Å². The van der Waals surface area contributed by atoms with Crippen LogP contribution in [-0.2, 0) is 55.6 Å². The van der Waals surface area contributed by atoms with Gasteiger partial charge in [-0.15, -0.1) is 0 Å². The van der Waals surface area contributed by atoms with Gasteiger partial charge in [0.25, 0.3) is 0 Å². The van der Waals surface area contributed by atoms with Gasteiger partial charge in [-0.05, 0) is 0 Å². The van der Waals surface area contributed by atoms with Crippen molar-refractivity contribution >= 4 is 0 Å². The van der Waals surface area contributed by atoms with E-state index in [0.717, 1.165) is 0 Å². The van der Waals surface area contributed by atoms with Crippen LogP contribution in [0.15, 0.2) is 0 Å². The van der Waals surface area contributed by atoms with Crippen molar-refractivity contribution in [2.45, 2.75) is 0 Å². The van der Waals surface area contributed by atoms with Gasteiger partial charge in [0, 0.05) is 55.6 Å². The van der Waals surface area contributed by atoms with Gasteiger partial charge in [-0.1, -0.05) is 0 Å². The van der Waals surface area contributed by atoms with E-state index in [1.807, 2.05) is 0 Å². The van der Waals surface area contributed by atoms with Gasteiger partial charge in [0.15, 0.2) is 0 Å². The van der Waals surface area contributed by atoms with E-state index in [4.69, 9.17) is 0 Å². The van der Waals surface area contributed by atoms with Crippen LogP contribution >= 0.6 is 0 Å². The molecular formula is H3CoCuLiOTi. The fourth-order valence-electron chi connectivity index (χ4n) is 0. The molecule has 1 nitrogen and oxygen atoms in total. The molecule has 0 aromatic heterocycles. The van der Waals surface area contributed by atoms with Crippen LogP contribution in [0.1, 0.15) is 1.43 Å². The maximum Gasteiger partial charge on any atom is 1.00 e. The van der Waals surface area contributed by atoms with Crippen molar-refractivity contribution in [3.8, 4) is 0 Å². The van der Waals surface area contributed by atoms with E-state index < -0.39 is 0 Å². The molecule has 0 saturated heterocycles. The Hall–Kier alpha value is 2.30. The van der Waals surface area contributed by atoms with Crippen molar-refractivity contribution in [3.63, 3.8) is 0 Å². The molecule has 0 spiro atoms. The third-order valence-corrected chi connectivity index (χ3v) is 0. The molecule has 0 atom stereocenters. The molecule has 0 aromatic rings. The molecule has 34 valence electrons. The van der Waals surface area contributed by atoms with E-state index in [1.54, 1.807) is 0 Å². The van der Waals surface area contributed by atoms with Crippen molar-refractivity contribution in [1.82, 2.24) is 0 Å². The van der Waals surface area contributed by atoms with Crippen molar-refractivity contribution in [2.24, 2.45) is 0 Å². The molecule has 0 fully saturated rings. The third-order valence-electron chi connectivity index (χ3n) is 0. The third kappa shape index (κ3) is 22.0. The molecule has 5 heavy (non-hydrogen) atoms. The van der Waals surface area contributed by atoms with Gasteiger partial charge in [0.05, 0.1) is 0 Å². The molecule has 2 N–H and O–H groups in total. The topological polar surface area (TPSA) is 31.5 Å². The molecule has 0 heterocycles. The normalized spacial score (nSPS) is 0. The first-order valence-electron chi connectivity index (χ1n) is 0. The van der Waals surface area contributed by atoms with Crippen LogP contribution in [0.25, 0.3) is 0 Å². The molecule has 2 radical (unpaired) electrons. The first kappa shape index (κ1) is 54.8. The minimum absolute atomic E-state index is 0. The van der Waals surface area contributed by atoms with Crippen LogP contribution in [0.5, 0.6) is 0 Å². The van der Waals surface area contributed by atoms with Gasteiger partial charge >= 0.3 is 18.9 Å². The average Bonchev–Trinajstić information content (AvgIpc) is 0. The minimum Gasteiger partial charge on any atom is -1.00 e. The maximum absolute atomic E-state index is 0. The molecule has 0 aliphatic carbocycles. The second kappa shape index (κ2) is 33.5. The summed E-state index contributed by atoms with van der Waals surface area (Å²) in [5, 5.41) is 0. The summed E-state index contributed by atoms with van der Waals surface area (Å²) in [7, 11) is 0. The number of hydrogen-bond donors (Lipinski definition) is 0. The Kier molecular flexibility index (Phi) is 367. The zero-order valence-electron chi connectivity index (χ0n) is 3.63. The number of hydrogen-bond acceptors (Lipinski definition) is 0. The molecule has 0 aliphatic rings. The predicted octanol–water partition coefficient (Wildman–Crippen LogP) is -3.72. The standard InChI is InChI=1S/Co.Cu.Li.H2O.Ti.H/h;;;1H2;;/q;;+1;;;-1. The van der Waals surface area contributed by atoms with Crippen LogP contribution in [0.2, 0.25) is 0 Å². The molecule has 0 aromatic carbocycles. The van der Waals surface area contributed by atoms with E-state index in [9.17, 15) is 0 Å². The number of rotatable bonds is 0. The zero-order chi connectivity index (χ0) is 0. The molecule has 0 amide bonds. The first-order chi connectivity index (χ1) is 0. The first-order valence-corrected chi connectivity index (χ1v) is 0. The monoisotopic (exact) mass is 196 g/mol. The molecule has 0 rings (SSSR count). The van der Waals surface area contributed by atoms with Gasteiger partial charge < -0.3 is 6.90 Å². The minimum atomic E-state index is 0. The average molecular weight is 196 g/mol. The van der Waals surface area contributed by atoms with Crippen molar-refractivity contribution in [2.75, 3.05) is 0 Å². The Morgan fingerprint density at radius 2 is 1.20 bits per heavy atom. The SMILES string of the molecule is O.[Co].[Cu].[H-].[Li+].[Ti]. The van der Waals surface area contributed by atoms with Crippen LogP contribution in [0.3, 0.4) is 0 Å². The summed E-state index contributed by atoms with van der Waals surface area (Å²) in [5.41, 5.74) is 0. The van der Waals surface area contributed by atoms with Crippen LogP contribution in [0.4, 0.5) is 0 Å². The molecule has 5 heteroatoms. The summed E-state index contributed by atoms with van der Waals surface area (Å²) in [6.07, 6.45) is 0. The summed E-state index contributed by atoms with van der Waals surface area (Å²) >= 11 is 0. The summed E-state index contributed by atoms with van der Waals surface area (Å²) in [5.74, 6) is 0. The Morgan fingerprint density at radius 1 is 1.20 bits per heavy atom. The van der Waals surface area contributed by atoms with Crippen LogP contribution in [-0.4, -0.2) is 5.48 Å². The van der Waals surface area contributed by atoms with Gasteiger partial charge in [-0.25, -0.2) is 0 Å². The molecule has 0 bridgehead atoms. The van der Waals surface area contributed by atoms with Crippen molar-refractivity contribution in [1.29, 1.82) is 0 Å². The smallest absolute Gasteiger partial charge is 1.00 e. The summed E-state index contributed by atoms with van der Waals surface area (Å²) in [4.78, 5) is 0. The molecule has 0 saturated carbocycles. The Balaban J connectivity index is 0. The van der Waals surface area contributed by atoms with Gasteiger partial charge in [0.1, 0.15) is 0 Å². The van der Waals surface area contributed by atoms with E-state index in [2.05, 4.69) is 0 Å². The maximum atomic E-state index is 0. The Morgan fingerprint density at radius 3 is 1.20 bits per heavy atom. The van der Waals surface area contributed by atoms with E-state index in [-0.39, 0.29) is 81.3 Å². The second-order valence-electron chi connectivity index (χ2n) is 0. The second-order valence-corrected chi connectivity index (χ2v) is 0. The van der Waals surface area contributed by atoms with Crippen LogP contribution < -0.4 is 18.9 Å². The van der Waals surface area contributed by atoms with E-state index in [1.165, 1.54) is 0 Å². The summed E-state index contributed by atoms with van der Waals surface area (Å²) in [6.45, 7) is 0. The van der Waals surface area contributed by atoms with E-state index >= 15 is 0 Å². The predicted molar refractivity (Wildman–Crippen MR) is 4.73 cm³/mol. The summed E-state index contributed by atoms with van der Waals surface area (Å²) in [6, 6.07) is 0. The fourth-order valence-corrected chi connectivity index (χ4v) is 0. The zero-order valence-corrected chi connectivity index (χ0v) is 6.18. The van der Waals surface area contributed by atoms with E-state index in [0.29, 0.717) is 0 Å². The van der Waals surface area contributed by atoms with Crippen LogP contribution in [0, 0.1) is 0 Å². The molecule has 0 aliphatic heterocycles. The fraction of sp³-hybridized carbons (Fsp3) is 0.